The molecule has 4 heteroatoms. The number of hydrogen-bond acceptors (Lipinski definition) is 3. The zero-order chi connectivity index (χ0) is 19.3. The lowest BCUT2D eigenvalue weighted by Gasteiger charge is -2.05. The molecule has 0 saturated carbocycles. The van der Waals surface area contributed by atoms with E-state index < -0.39 is 0 Å². The van der Waals surface area contributed by atoms with Gasteiger partial charge in [-0.2, -0.15) is 0 Å². The van der Waals surface area contributed by atoms with Crippen LogP contribution < -0.4 is 15.8 Å². The molecule has 156 valence electrons. The Hall–Kier alpha value is -0.683. The third-order valence-corrected chi connectivity index (χ3v) is 5.61. The highest BCUT2D eigenvalue weighted by molar-refractivity contribution is 6.03. The Morgan fingerprint density at radius 1 is 0.556 bits per heavy atom. The van der Waals surface area contributed by atoms with Crippen molar-refractivity contribution in [3.63, 3.8) is 0 Å². The summed E-state index contributed by atoms with van der Waals surface area (Å²) in [6.07, 6.45) is 19.8. The summed E-state index contributed by atoms with van der Waals surface area (Å²) < 4.78 is 0. The molecular weight excluding hydrogens is 346 g/mol. The second-order valence-electron chi connectivity index (χ2n) is 7.79. The van der Waals surface area contributed by atoms with Crippen molar-refractivity contribution in [1.29, 1.82) is 0 Å². The van der Waals surface area contributed by atoms with Gasteiger partial charge in [0.25, 0.3) is 0 Å². The van der Waals surface area contributed by atoms with E-state index in [0.717, 1.165) is 30.0 Å². The molecule has 0 aromatic heterocycles. The molecule has 0 aliphatic heterocycles. The van der Waals surface area contributed by atoms with Crippen LogP contribution in [0.1, 0.15) is 95.5 Å². The van der Waals surface area contributed by atoms with E-state index in [9.17, 15) is 0 Å². The summed E-state index contributed by atoms with van der Waals surface area (Å²) in [5.41, 5.74) is 4.60. The molecule has 3 nitrogen and oxygen atoms in total. The molecule has 0 fully saturated rings. The summed E-state index contributed by atoms with van der Waals surface area (Å²) in [6, 6.07) is 10.7. The van der Waals surface area contributed by atoms with E-state index in [2.05, 4.69) is 46.2 Å². The van der Waals surface area contributed by atoms with Crippen LogP contribution in [0.5, 0.6) is 0 Å². The molecule has 1 aromatic carbocycles. The second kappa shape index (κ2) is 20.1. The Labute approximate surface area is 172 Å². The molecule has 0 radical (unpaired) electrons. The average molecular weight is 392 g/mol. The molecular formula is C23H45N3Si. The largest absolute Gasteiger partial charge is 0.313 e. The van der Waals surface area contributed by atoms with Gasteiger partial charge in [-0.25, -0.2) is 0 Å². The lowest BCUT2D eigenvalue weighted by molar-refractivity contribution is 0.523. The van der Waals surface area contributed by atoms with Crippen molar-refractivity contribution in [3.05, 3.63) is 35.9 Å². The van der Waals surface area contributed by atoms with Crippen LogP contribution in [0, 0.1) is 0 Å². The number of nitrogens with one attached hydrogen (secondary N) is 3. The fourth-order valence-corrected chi connectivity index (χ4v) is 3.79. The van der Waals surface area contributed by atoms with Crippen LogP contribution in [0.15, 0.2) is 30.3 Å². The first-order chi connectivity index (χ1) is 13.4. The normalized spacial score (nSPS) is 11.3. The Morgan fingerprint density at radius 2 is 1.00 bits per heavy atom. The molecule has 0 aliphatic carbocycles. The van der Waals surface area contributed by atoms with E-state index in [1.807, 2.05) is 0 Å². The molecule has 0 bridgehead atoms. The monoisotopic (exact) mass is 391 g/mol. The first kappa shape index (κ1) is 24.4. The van der Waals surface area contributed by atoms with Gasteiger partial charge in [0.1, 0.15) is 0 Å². The first-order valence-electron chi connectivity index (χ1n) is 11.6. The lowest BCUT2D eigenvalue weighted by atomic mass is 10.0. The highest BCUT2D eigenvalue weighted by Crippen LogP contribution is 2.12. The summed E-state index contributed by atoms with van der Waals surface area (Å²) >= 11 is 0. The maximum absolute atomic E-state index is 3.55. The van der Waals surface area contributed by atoms with Gasteiger partial charge in [-0.05, 0) is 24.9 Å². The molecule has 0 saturated heterocycles. The minimum absolute atomic E-state index is 1.01. The van der Waals surface area contributed by atoms with Crippen molar-refractivity contribution in [1.82, 2.24) is 15.8 Å². The predicted molar refractivity (Wildman–Crippen MR) is 124 cm³/mol. The Kier molecular flexibility index (Phi) is 18.1. The summed E-state index contributed by atoms with van der Waals surface area (Å²) in [5.74, 6) is 0. The third-order valence-electron chi connectivity index (χ3n) is 5.25. The molecule has 0 atom stereocenters. The standard InChI is InChI=1S/C23H45N3Si/c27-26-25-21-17-12-10-8-6-4-2-1-3-5-7-9-11-16-20-24-22-23-18-14-13-15-19-23/h13-15,18-19,24-26H,1-12,16-17,20-22H2,27H3. The van der Waals surface area contributed by atoms with Crippen LogP contribution in [0.2, 0.25) is 0 Å². The van der Waals surface area contributed by atoms with Gasteiger partial charge in [-0.15, -0.1) is 0 Å². The van der Waals surface area contributed by atoms with Gasteiger partial charge >= 0.3 is 0 Å². The van der Waals surface area contributed by atoms with E-state index >= 15 is 0 Å². The van der Waals surface area contributed by atoms with E-state index in [-0.39, 0.29) is 0 Å². The Balaban J connectivity index is 1.67. The van der Waals surface area contributed by atoms with E-state index in [1.165, 1.54) is 95.5 Å². The number of hydrogen-bond donors (Lipinski definition) is 3. The van der Waals surface area contributed by atoms with Gasteiger partial charge in [-0.3, -0.25) is 10.5 Å². The number of unbranched alkanes of at least 4 members (excludes halogenated alkanes) is 13. The topological polar surface area (TPSA) is 36.1 Å². The molecule has 1 rings (SSSR count). The summed E-state index contributed by atoms with van der Waals surface area (Å²) in [7, 11) is 1.04. The Bertz CT molecular complexity index is 400. The first-order valence-corrected chi connectivity index (χ1v) is 12.6. The molecule has 3 N–H and O–H groups in total. The van der Waals surface area contributed by atoms with Gasteiger partial charge in [-0.1, -0.05) is 107 Å². The fraction of sp³-hybridized carbons (Fsp3) is 0.739. The van der Waals surface area contributed by atoms with Crippen molar-refractivity contribution in [2.24, 2.45) is 0 Å². The van der Waals surface area contributed by atoms with Crippen molar-refractivity contribution >= 4 is 10.4 Å². The van der Waals surface area contributed by atoms with E-state index in [4.69, 9.17) is 0 Å². The molecule has 1 aromatic rings. The predicted octanol–water partition coefficient (Wildman–Crippen LogP) is 4.61. The Morgan fingerprint density at radius 3 is 1.48 bits per heavy atom. The van der Waals surface area contributed by atoms with Gasteiger partial charge in [0.15, 0.2) is 0 Å². The van der Waals surface area contributed by atoms with Crippen LogP contribution in [-0.4, -0.2) is 23.5 Å². The van der Waals surface area contributed by atoms with Crippen LogP contribution in [-0.2, 0) is 6.54 Å². The lowest BCUT2D eigenvalue weighted by Crippen LogP contribution is -2.29. The van der Waals surface area contributed by atoms with Crippen molar-refractivity contribution in [2.45, 2.75) is 96.4 Å². The minimum atomic E-state index is 1.01. The summed E-state index contributed by atoms with van der Waals surface area (Å²) in [6.45, 7) is 3.30. The van der Waals surface area contributed by atoms with E-state index in [0.29, 0.717) is 0 Å². The van der Waals surface area contributed by atoms with Crippen molar-refractivity contribution < 1.29 is 0 Å². The second-order valence-corrected chi connectivity index (χ2v) is 8.29. The maximum Gasteiger partial charge on any atom is 0.0942 e. The zero-order valence-electron chi connectivity index (χ0n) is 17.9. The summed E-state index contributed by atoms with van der Waals surface area (Å²) in [4.78, 5) is 0. The zero-order valence-corrected chi connectivity index (χ0v) is 19.9. The van der Waals surface area contributed by atoms with Gasteiger partial charge in [0, 0.05) is 13.1 Å². The molecule has 0 heterocycles. The number of benzene rings is 1. The fourth-order valence-electron chi connectivity index (χ4n) is 3.54. The van der Waals surface area contributed by atoms with Crippen LogP contribution in [0.4, 0.5) is 0 Å². The SMILES string of the molecule is [SiH3]NNCCCCCCCCCCCCCCCCNCc1ccccc1. The van der Waals surface area contributed by atoms with Gasteiger partial charge in [0.05, 0.1) is 10.4 Å². The molecule has 27 heavy (non-hydrogen) atoms. The quantitative estimate of drug-likeness (QED) is 0.172. The summed E-state index contributed by atoms with van der Waals surface area (Å²) in [5, 5.41) is 6.66. The van der Waals surface area contributed by atoms with Crippen LogP contribution >= 0.6 is 0 Å². The smallest absolute Gasteiger partial charge is 0.0942 e. The molecule has 0 aliphatic rings. The highest BCUT2D eigenvalue weighted by Gasteiger charge is 1.95. The maximum atomic E-state index is 3.55. The molecule has 0 unspecified atom stereocenters. The minimum Gasteiger partial charge on any atom is -0.313 e. The van der Waals surface area contributed by atoms with Crippen LogP contribution in [0.3, 0.4) is 0 Å². The van der Waals surface area contributed by atoms with Crippen molar-refractivity contribution in [2.75, 3.05) is 13.1 Å². The molecule has 0 amide bonds. The highest BCUT2D eigenvalue weighted by atomic mass is 28.2. The van der Waals surface area contributed by atoms with Gasteiger partial charge < -0.3 is 5.32 Å². The molecule has 0 spiro atoms. The van der Waals surface area contributed by atoms with Gasteiger partial charge in [0.2, 0.25) is 0 Å². The van der Waals surface area contributed by atoms with Crippen LogP contribution in [0.25, 0.3) is 0 Å². The number of hydrazine groups is 1. The van der Waals surface area contributed by atoms with Crippen molar-refractivity contribution in [3.8, 4) is 0 Å². The number of rotatable bonds is 20. The average Bonchev–Trinajstić information content (AvgIpc) is 2.70. The van der Waals surface area contributed by atoms with E-state index in [1.54, 1.807) is 0 Å². The third kappa shape index (κ3) is 17.2.